The third-order valence-corrected chi connectivity index (χ3v) is 7.74. The van der Waals surface area contributed by atoms with Crippen molar-refractivity contribution in [1.29, 1.82) is 0 Å². The van der Waals surface area contributed by atoms with Gasteiger partial charge >= 0.3 is 7.12 Å². The van der Waals surface area contributed by atoms with Gasteiger partial charge in [0.2, 0.25) is 0 Å². The van der Waals surface area contributed by atoms with E-state index in [4.69, 9.17) is 20.9 Å². The van der Waals surface area contributed by atoms with E-state index in [0.29, 0.717) is 17.1 Å². The Morgan fingerprint density at radius 2 is 1.61 bits per heavy atom. The largest absolute Gasteiger partial charge is 0.466 e. The molecule has 1 unspecified atom stereocenters. The molecule has 0 N–H and O–H groups in total. The van der Waals surface area contributed by atoms with Crippen LogP contribution in [-0.4, -0.2) is 43.7 Å². The van der Waals surface area contributed by atoms with Gasteiger partial charge in [-0.15, -0.1) is 0 Å². The quantitative estimate of drug-likeness (QED) is 0.201. The molecule has 0 spiro atoms. The fourth-order valence-electron chi connectivity index (χ4n) is 4.59. The van der Waals surface area contributed by atoms with Crippen molar-refractivity contribution >= 4 is 24.5 Å². The first kappa shape index (κ1) is 26.4. The maximum Gasteiger partial charge on any atom is 0.466 e. The van der Waals surface area contributed by atoms with E-state index in [0.717, 1.165) is 17.7 Å². The molecule has 0 aliphatic carbocycles. The standard InChI is InChI=1S/C29H32BClN4O3/c1-28(2)29(3,4)38-30(37-28)26(23-7-5-8-25(31)15-23)16-27(36)24-17-33-35(20-24)19-22-11-9-21(10-12-22)18-34-14-6-13-32-34/h5-15,17,20,26H,16,18-19H2,1-4H3. The van der Waals surface area contributed by atoms with Crippen molar-refractivity contribution < 1.29 is 14.1 Å². The van der Waals surface area contributed by atoms with Gasteiger partial charge in [-0.2, -0.15) is 10.2 Å². The SMILES string of the molecule is CC1(C)OB(C(CC(=O)c2cnn(Cc3ccc(Cn4cccn4)cc3)c2)c2cccc(Cl)c2)OC1(C)C. The predicted molar refractivity (Wildman–Crippen MR) is 148 cm³/mol. The molecule has 9 heteroatoms. The maximum atomic E-state index is 13.4. The minimum Gasteiger partial charge on any atom is -0.403 e. The van der Waals surface area contributed by atoms with E-state index < -0.39 is 18.3 Å². The van der Waals surface area contributed by atoms with Crippen LogP contribution in [0.25, 0.3) is 0 Å². The monoisotopic (exact) mass is 530 g/mol. The average molecular weight is 531 g/mol. The first-order valence-electron chi connectivity index (χ1n) is 12.8. The Bertz CT molecular complexity index is 1380. The highest BCUT2D eigenvalue weighted by atomic mass is 35.5. The lowest BCUT2D eigenvalue weighted by Crippen LogP contribution is -2.41. The molecule has 1 fully saturated rings. The Labute approximate surface area is 228 Å². The Kier molecular flexibility index (Phi) is 7.31. The van der Waals surface area contributed by atoms with Gasteiger partial charge in [0, 0.05) is 35.9 Å². The van der Waals surface area contributed by atoms with Crippen molar-refractivity contribution in [3.63, 3.8) is 0 Å². The van der Waals surface area contributed by atoms with E-state index in [-0.39, 0.29) is 18.0 Å². The Morgan fingerprint density at radius 1 is 0.947 bits per heavy atom. The molecule has 5 rings (SSSR count). The van der Waals surface area contributed by atoms with Gasteiger partial charge in [0.25, 0.3) is 0 Å². The fraction of sp³-hybridized carbons (Fsp3) is 0.345. The summed E-state index contributed by atoms with van der Waals surface area (Å²) in [4.78, 5) is 13.4. The van der Waals surface area contributed by atoms with E-state index >= 15 is 0 Å². The number of ketones is 1. The van der Waals surface area contributed by atoms with Gasteiger partial charge < -0.3 is 9.31 Å². The molecule has 1 aliphatic rings. The molecular weight excluding hydrogens is 499 g/mol. The molecule has 0 radical (unpaired) electrons. The molecule has 4 aromatic rings. The van der Waals surface area contributed by atoms with Crippen molar-refractivity contribution in [1.82, 2.24) is 19.6 Å². The topological polar surface area (TPSA) is 71.2 Å². The fourth-order valence-corrected chi connectivity index (χ4v) is 4.79. The molecule has 196 valence electrons. The van der Waals surface area contributed by atoms with Crippen molar-refractivity contribution in [2.24, 2.45) is 0 Å². The molecule has 3 heterocycles. The number of rotatable bonds is 9. The molecule has 0 amide bonds. The van der Waals surface area contributed by atoms with Gasteiger partial charge in [-0.1, -0.05) is 48.0 Å². The molecule has 0 bridgehead atoms. The van der Waals surface area contributed by atoms with E-state index in [1.54, 1.807) is 23.3 Å². The second-order valence-corrected chi connectivity index (χ2v) is 11.3. The average Bonchev–Trinajstić information content (AvgIpc) is 3.59. The van der Waals surface area contributed by atoms with Gasteiger partial charge in [0.05, 0.1) is 36.1 Å². The summed E-state index contributed by atoms with van der Waals surface area (Å²) in [5.74, 6) is -0.335. The minimum absolute atomic E-state index is 0.0227. The van der Waals surface area contributed by atoms with Crippen LogP contribution in [0.5, 0.6) is 0 Å². The molecule has 1 saturated heterocycles. The molecule has 1 atom stereocenters. The van der Waals surface area contributed by atoms with Crippen LogP contribution >= 0.6 is 11.6 Å². The number of halogens is 1. The Morgan fingerprint density at radius 3 is 2.21 bits per heavy atom. The third-order valence-electron chi connectivity index (χ3n) is 7.51. The third kappa shape index (κ3) is 5.77. The summed E-state index contributed by atoms with van der Waals surface area (Å²) in [6.45, 7) is 9.35. The lowest BCUT2D eigenvalue weighted by Gasteiger charge is -2.32. The van der Waals surface area contributed by atoms with Crippen LogP contribution in [0.2, 0.25) is 5.02 Å². The normalized spacial score (nSPS) is 17.0. The van der Waals surface area contributed by atoms with Gasteiger partial charge in [0.15, 0.2) is 5.78 Å². The molecule has 2 aromatic carbocycles. The van der Waals surface area contributed by atoms with Gasteiger partial charge in [-0.25, -0.2) is 0 Å². The number of benzene rings is 2. The van der Waals surface area contributed by atoms with E-state index in [1.165, 1.54) is 5.56 Å². The van der Waals surface area contributed by atoms with Crippen molar-refractivity contribution in [2.75, 3.05) is 0 Å². The molecule has 7 nitrogen and oxygen atoms in total. The smallest absolute Gasteiger partial charge is 0.403 e. The molecule has 2 aromatic heterocycles. The first-order valence-corrected chi connectivity index (χ1v) is 13.2. The molecular formula is C29H32BClN4O3. The van der Waals surface area contributed by atoms with Crippen LogP contribution in [0.3, 0.4) is 0 Å². The summed E-state index contributed by atoms with van der Waals surface area (Å²) in [5.41, 5.74) is 2.73. The van der Waals surface area contributed by atoms with Crippen LogP contribution in [0.4, 0.5) is 0 Å². The Balaban J connectivity index is 1.29. The minimum atomic E-state index is -0.572. The summed E-state index contributed by atoms with van der Waals surface area (Å²) in [5, 5.41) is 9.32. The summed E-state index contributed by atoms with van der Waals surface area (Å²) < 4.78 is 16.4. The van der Waals surface area contributed by atoms with Crippen molar-refractivity contribution in [3.8, 4) is 0 Å². The van der Waals surface area contributed by atoms with Crippen LogP contribution in [-0.2, 0) is 22.4 Å². The summed E-state index contributed by atoms with van der Waals surface area (Å²) >= 11 is 6.30. The number of nitrogens with zero attached hydrogens (tertiary/aromatic N) is 4. The molecule has 0 saturated carbocycles. The summed E-state index contributed by atoms with van der Waals surface area (Å²) in [7, 11) is -0.572. The highest BCUT2D eigenvalue weighted by molar-refractivity contribution is 6.48. The zero-order chi connectivity index (χ0) is 26.9. The van der Waals surface area contributed by atoms with Gasteiger partial charge in [-0.3, -0.25) is 14.2 Å². The molecule has 38 heavy (non-hydrogen) atoms. The Hall–Kier alpha value is -3.20. The van der Waals surface area contributed by atoms with Crippen LogP contribution < -0.4 is 0 Å². The van der Waals surface area contributed by atoms with Gasteiger partial charge in [-0.05, 0) is 62.6 Å². The van der Waals surface area contributed by atoms with E-state index in [9.17, 15) is 4.79 Å². The number of hydrogen-bond acceptors (Lipinski definition) is 5. The zero-order valence-electron chi connectivity index (χ0n) is 22.2. The highest BCUT2D eigenvalue weighted by Gasteiger charge is 2.54. The number of hydrogen-bond donors (Lipinski definition) is 0. The zero-order valence-corrected chi connectivity index (χ0v) is 22.9. The maximum absolute atomic E-state index is 13.4. The number of aromatic nitrogens is 4. The first-order chi connectivity index (χ1) is 18.1. The predicted octanol–water partition coefficient (Wildman–Crippen LogP) is 5.82. The number of carbonyl (C=O) groups excluding carboxylic acids is 1. The van der Waals surface area contributed by atoms with Crippen LogP contribution in [0.1, 0.15) is 67.0 Å². The van der Waals surface area contributed by atoms with Gasteiger partial charge in [0.1, 0.15) is 0 Å². The molecule has 1 aliphatic heterocycles. The number of carbonyl (C=O) groups is 1. The van der Waals surface area contributed by atoms with Crippen LogP contribution in [0.15, 0.2) is 79.4 Å². The second kappa shape index (κ2) is 10.5. The lowest BCUT2D eigenvalue weighted by atomic mass is 9.65. The van der Waals surface area contributed by atoms with Crippen LogP contribution in [0, 0.1) is 0 Å². The highest BCUT2D eigenvalue weighted by Crippen LogP contribution is 2.42. The van der Waals surface area contributed by atoms with E-state index in [1.807, 2.05) is 68.9 Å². The summed E-state index contributed by atoms with van der Waals surface area (Å²) in [6.07, 6.45) is 7.37. The van der Waals surface area contributed by atoms with E-state index in [2.05, 4.69) is 34.5 Å². The summed E-state index contributed by atoms with van der Waals surface area (Å²) in [6, 6.07) is 17.8. The van der Waals surface area contributed by atoms with Crippen molar-refractivity contribution in [3.05, 3.63) is 107 Å². The van der Waals surface area contributed by atoms with Crippen molar-refractivity contribution in [2.45, 2.75) is 64.2 Å². The second-order valence-electron chi connectivity index (χ2n) is 10.9. The number of Topliss-reactive ketones (excluding diaryl/α,β-unsaturated/α-hetero) is 1. The lowest BCUT2D eigenvalue weighted by molar-refractivity contribution is 0.00578.